The fourth-order valence-electron chi connectivity index (χ4n) is 4.41. The Labute approximate surface area is 158 Å². The van der Waals surface area contributed by atoms with E-state index in [4.69, 9.17) is 9.47 Å². The maximum absolute atomic E-state index is 13.2. The lowest BCUT2D eigenvalue weighted by molar-refractivity contribution is -0.122. The lowest BCUT2D eigenvalue weighted by Crippen LogP contribution is -2.31. The van der Waals surface area contributed by atoms with E-state index in [-0.39, 0.29) is 23.7 Å². The average molecular weight is 365 g/mol. The van der Waals surface area contributed by atoms with Gasteiger partial charge in [0.1, 0.15) is 11.5 Å². The van der Waals surface area contributed by atoms with Crippen LogP contribution >= 0.6 is 0 Å². The number of rotatable bonds is 4. The first-order valence-electron chi connectivity index (χ1n) is 9.28. The highest BCUT2D eigenvalue weighted by molar-refractivity contribution is 6.22. The molecule has 1 saturated heterocycles. The summed E-state index contributed by atoms with van der Waals surface area (Å²) >= 11 is 0. The lowest BCUT2D eigenvalue weighted by atomic mass is 9.73. The highest BCUT2D eigenvalue weighted by Gasteiger charge is 2.51. The van der Waals surface area contributed by atoms with Gasteiger partial charge in [0.15, 0.2) is 0 Å². The summed E-state index contributed by atoms with van der Waals surface area (Å²) in [7, 11) is 3.10. The van der Waals surface area contributed by atoms with Gasteiger partial charge < -0.3 is 9.47 Å². The van der Waals surface area contributed by atoms with Gasteiger partial charge in [-0.05, 0) is 42.9 Å². The normalized spacial score (nSPS) is 24.7. The number of methoxy groups -OCH3 is 2. The minimum Gasteiger partial charge on any atom is -0.497 e. The van der Waals surface area contributed by atoms with Crippen molar-refractivity contribution in [3.05, 3.63) is 54.1 Å². The summed E-state index contributed by atoms with van der Waals surface area (Å²) in [5, 5.41) is 0. The van der Waals surface area contributed by atoms with Crippen LogP contribution in [0.2, 0.25) is 0 Å². The molecule has 1 aliphatic carbocycles. The van der Waals surface area contributed by atoms with Gasteiger partial charge in [0.25, 0.3) is 0 Å². The van der Waals surface area contributed by atoms with Gasteiger partial charge in [-0.1, -0.05) is 30.3 Å². The van der Waals surface area contributed by atoms with E-state index in [0.717, 1.165) is 12.8 Å². The van der Waals surface area contributed by atoms with E-state index in [1.165, 1.54) is 17.6 Å². The SMILES string of the molecule is COc1ccc(N2C(=O)C3CCC(c4ccccc4)CC3C2=O)c(OC)c1. The van der Waals surface area contributed by atoms with Crippen LogP contribution in [0.15, 0.2) is 48.5 Å². The number of nitrogens with zero attached hydrogens (tertiary/aromatic N) is 1. The molecule has 3 atom stereocenters. The fourth-order valence-corrected chi connectivity index (χ4v) is 4.41. The van der Waals surface area contributed by atoms with Crippen LogP contribution in [0.1, 0.15) is 30.7 Å². The topological polar surface area (TPSA) is 55.8 Å². The summed E-state index contributed by atoms with van der Waals surface area (Å²) in [5.74, 6) is 0.689. The second-order valence-corrected chi connectivity index (χ2v) is 7.18. The molecule has 0 bridgehead atoms. The summed E-state index contributed by atoms with van der Waals surface area (Å²) in [6, 6.07) is 15.4. The lowest BCUT2D eigenvalue weighted by Gasteiger charge is -2.28. The number of anilines is 1. The molecule has 3 unspecified atom stereocenters. The summed E-state index contributed by atoms with van der Waals surface area (Å²) < 4.78 is 10.6. The molecule has 0 spiro atoms. The van der Waals surface area contributed by atoms with E-state index in [9.17, 15) is 9.59 Å². The highest BCUT2D eigenvalue weighted by atomic mass is 16.5. The molecule has 2 fully saturated rings. The molecule has 2 aromatic rings. The summed E-state index contributed by atoms with van der Waals surface area (Å²) in [6.45, 7) is 0. The van der Waals surface area contributed by atoms with Crippen molar-refractivity contribution in [1.82, 2.24) is 0 Å². The molecule has 2 amide bonds. The van der Waals surface area contributed by atoms with Crippen LogP contribution in [-0.4, -0.2) is 26.0 Å². The van der Waals surface area contributed by atoms with Crippen LogP contribution < -0.4 is 14.4 Å². The molecule has 1 aliphatic heterocycles. The molecule has 0 aromatic heterocycles. The Morgan fingerprint density at radius 2 is 1.63 bits per heavy atom. The predicted octanol–water partition coefficient (Wildman–Crippen LogP) is 3.78. The van der Waals surface area contributed by atoms with Gasteiger partial charge in [-0.2, -0.15) is 0 Å². The van der Waals surface area contributed by atoms with Crippen LogP contribution in [-0.2, 0) is 9.59 Å². The first-order chi connectivity index (χ1) is 13.1. The van der Waals surface area contributed by atoms with Crippen LogP contribution in [0, 0.1) is 11.8 Å². The van der Waals surface area contributed by atoms with Crippen LogP contribution in [0.3, 0.4) is 0 Å². The third-order valence-corrected chi connectivity index (χ3v) is 5.82. The summed E-state index contributed by atoms with van der Waals surface area (Å²) in [5.41, 5.74) is 1.75. The van der Waals surface area contributed by atoms with Crippen molar-refractivity contribution in [2.45, 2.75) is 25.2 Å². The molecule has 0 radical (unpaired) electrons. The molecule has 2 aromatic carbocycles. The van der Waals surface area contributed by atoms with Gasteiger partial charge in [-0.25, -0.2) is 4.90 Å². The molecule has 140 valence electrons. The smallest absolute Gasteiger partial charge is 0.237 e. The highest BCUT2D eigenvalue weighted by Crippen LogP contribution is 2.47. The van der Waals surface area contributed by atoms with E-state index in [2.05, 4.69) is 12.1 Å². The number of amides is 2. The third-order valence-electron chi connectivity index (χ3n) is 5.82. The van der Waals surface area contributed by atoms with Gasteiger partial charge in [0.2, 0.25) is 11.8 Å². The molecule has 5 heteroatoms. The summed E-state index contributed by atoms with van der Waals surface area (Å²) in [6.07, 6.45) is 2.38. The van der Waals surface area contributed by atoms with E-state index in [1.54, 1.807) is 25.3 Å². The van der Waals surface area contributed by atoms with E-state index < -0.39 is 0 Å². The standard InChI is InChI=1S/C22H23NO4/c1-26-16-9-11-19(20(13-16)27-2)23-21(24)17-10-8-15(12-18(17)22(23)25)14-6-4-3-5-7-14/h3-7,9,11,13,15,17-18H,8,10,12H2,1-2H3. The number of carbonyl (C=O) groups excluding carboxylic acids is 2. The quantitative estimate of drug-likeness (QED) is 0.774. The van der Waals surface area contributed by atoms with Crippen molar-refractivity contribution in [2.24, 2.45) is 11.8 Å². The first kappa shape index (κ1) is 17.6. The number of carbonyl (C=O) groups is 2. The number of hydrogen-bond acceptors (Lipinski definition) is 4. The molecular formula is C22H23NO4. The van der Waals surface area contributed by atoms with Crippen molar-refractivity contribution >= 4 is 17.5 Å². The van der Waals surface area contributed by atoms with Crippen LogP contribution in [0.4, 0.5) is 5.69 Å². The van der Waals surface area contributed by atoms with Crippen molar-refractivity contribution in [3.8, 4) is 11.5 Å². The molecule has 4 rings (SSSR count). The molecule has 1 heterocycles. The first-order valence-corrected chi connectivity index (χ1v) is 9.28. The Kier molecular flexibility index (Phi) is 4.60. The Bertz CT molecular complexity index is 864. The second kappa shape index (κ2) is 7.06. The monoisotopic (exact) mass is 365 g/mol. The zero-order valence-corrected chi connectivity index (χ0v) is 15.6. The van der Waals surface area contributed by atoms with Gasteiger partial charge in [0.05, 0.1) is 31.7 Å². The maximum atomic E-state index is 13.2. The van der Waals surface area contributed by atoms with Gasteiger partial charge in [-0.3, -0.25) is 9.59 Å². The van der Waals surface area contributed by atoms with Gasteiger partial charge in [-0.15, -0.1) is 0 Å². The Balaban J connectivity index is 1.63. The fraction of sp³-hybridized carbons (Fsp3) is 0.364. The predicted molar refractivity (Wildman–Crippen MR) is 102 cm³/mol. The minimum atomic E-state index is -0.261. The minimum absolute atomic E-state index is 0.111. The molecule has 1 saturated carbocycles. The molecule has 27 heavy (non-hydrogen) atoms. The number of ether oxygens (including phenoxy) is 2. The molecular weight excluding hydrogens is 342 g/mol. The van der Waals surface area contributed by atoms with E-state index in [1.807, 2.05) is 18.2 Å². The van der Waals surface area contributed by atoms with Crippen molar-refractivity contribution in [2.75, 3.05) is 19.1 Å². The summed E-state index contributed by atoms with van der Waals surface area (Å²) in [4.78, 5) is 27.5. The van der Waals surface area contributed by atoms with E-state index in [0.29, 0.717) is 29.5 Å². The number of benzene rings is 2. The van der Waals surface area contributed by atoms with Crippen molar-refractivity contribution in [1.29, 1.82) is 0 Å². The molecule has 5 nitrogen and oxygen atoms in total. The Morgan fingerprint density at radius 3 is 2.33 bits per heavy atom. The van der Waals surface area contributed by atoms with Crippen molar-refractivity contribution in [3.63, 3.8) is 0 Å². The Morgan fingerprint density at radius 1 is 0.889 bits per heavy atom. The Hall–Kier alpha value is -2.82. The van der Waals surface area contributed by atoms with Gasteiger partial charge >= 0.3 is 0 Å². The van der Waals surface area contributed by atoms with Crippen LogP contribution in [0.25, 0.3) is 0 Å². The third kappa shape index (κ3) is 2.97. The van der Waals surface area contributed by atoms with Crippen molar-refractivity contribution < 1.29 is 19.1 Å². The maximum Gasteiger partial charge on any atom is 0.237 e. The molecule has 2 aliphatic rings. The zero-order valence-electron chi connectivity index (χ0n) is 15.6. The average Bonchev–Trinajstić information content (AvgIpc) is 2.98. The van der Waals surface area contributed by atoms with Crippen LogP contribution in [0.5, 0.6) is 11.5 Å². The van der Waals surface area contributed by atoms with Gasteiger partial charge in [0, 0.05) is 6.07 Å². The molecule has 0 N–H and O–H groups in total. The number of imide groups is 1. The number of fused-ring (bicyclic) bond motifs is 1. The number of hydrogen-bond donors (Lipinski definition) is 0. The largest absolute Gasteiger partial charge is 0.497 e. The van der Waals surface area contributed by atoms with E-state index >= 15 is 0 Å². The second-order valence-electron chi connectivity index (χ2n) is 7.18. The zero-order chi connectivity index (χ0) is 19.0.